The van der Waals surface area contributed by atoms with Gasteiger partial charge in [-0.3, -0.25) is 0 Å². The predicted octanol–water partition coefficient (Wildman–Crippen LogP) is 0.930. The lowest BCUT2D eigenvalue weighted by Gasteiger charge is -1.66. The molecule has 0 unspecified atom stereocenters. The number of rotatable bonds is 0. The van der Waals surface area contributed by atoms with E-state index in [0.717, 1.165) is 0 Å². The first-order valence-electron chi connectivity index (χ1n) is 0.770. The van der Waals surface area contributed by atoms with Crippen molar-refractivity contribution in [3.63, 3.8) is 0 Å². The highest BCUT2D eigenvalue weighted by atomic mass is 79.9. The smallest absolute Gasteiger partial charge is 0.152 e. The summed E-state index contributed by atoms with van der Waals surface area (Å²) in [7, 11) is 4.94. The molecule has 4 heteroatoms. The molecule has 2 radical (unpaired) electrons. The van der Waals surface area contributed by atoms with Crippen molar-refractivity contribution in [2.24, 2.45) is 0 Å². The van der Waals surface area contributed by atoms with Crippen LogP contribution in [0.3, 0.4) is 0 Å². The minimum absolute atomic E-state index is 0.0417. The van der Waals surface area contributed by atoms with Crippen LogP contribution in [-0.2, 0) is 0 Å². The summed E-state index contributed by atoms with van der Waals surface area (Å²) in [4.78, 5) is 0. The van der Waals surface area contributed by atoms with Crippen LogP contribution in [0.25, 0.3) is 0 Å². The number of halogens is 2. The molecule has 4 heavy (non-hydrogen) atoms. The highest BCUT2D eigenvalue weighted by molar-refractivity contribution is 9.50. The second-order valence-electron chi connectivity index (χ2n) is 0.334. The zero-order valence-electron chi connectivity index (χ0n) is 1.91. The fourth-order valence-electron chi connectivity index (χ4n) is 0. The summed E-state index contributed by atoms with van der Waals surface area (Å²) >= 11 is 5.93. The van der Waals surface area contributed by atoms with Crippen LogP contribution in [0.2, 0.25) is 0 Å². The topological polar surface area (TPSA) is 0 Å². The molecule has 0 nitrogen and oxygen atoms in total. The van der Waals surface area contributed by atoms with Gasteiger partial charge in [0.25, 0.3) is 0 Å². The van der Waals surface area contributed by atoms with Gasteiger partial charge in [-0.05, 0) is 0 Å². The van der Waals surface area contributed by atoms with Crippen molar-refractivity contribution in [3.8, 4) is 0 Å². The summed E-state index contributed by atoms with van der Waals surface area (Å²) < 4.78 is -0.0417. The molecule has 0 aliphatic rings. The molecule has 0 amide bonds. The van der Waals surface area contributed by atoms with Crippen molar-refractivity contribution in [2.45, 2.75) is 0 Å². The highest BCUT2D eigenvalue weighted by Gasteiger charge is 1.83. The minimum atomic E-state index is -0.0417. The van der Waals surface area contributed by atoms with Crippen LogP contribution in [0.15, 0.2) is 0 Å². The summed E-state index contributed by atoms with van der Waals surface area (Å²) in [6, 6.07) is 0. The zero-order chi connectivity index (χ0) is 3.58. The van der Waals surface area contributed by atoms with Crippen molar-refractivity contribution in [2.75, 3.05) is 0 Å². The third-order valence-corrected chi connectivity index (χ3v) is 0. The Kier molecular flexibility index (Phi) is 2.97. The first kappa shape index (κ1) is 5.09. The van der Waals surface area contributed by atoms with Gasteiger partial charge in [-0.15, -0.1) is 0 Å². The second-order valence-corrected chi connectivity index (χ2v) is 3.54. The first-order chi connectivity index (χ1) is 1.73. The number of hydrogen-bond acceptors (Lipinski definition) is 0. The minimum Gasteiger partial charge on any atom is -0.152 e. The quantitative estimate of drug-likeness (QED) is 0.488. The lowest BCUT2D eigenvalue weighted by atomic mass is 9.80. The van der Waals surface area contributed by atoms with E-state index < -0.39 is 0 Å². The highest BCUT2D eigenvalue weighted by Crippen LogP contribution is 1.92. The van der Waals surface area contributed by atoms with Crippen LogP contribution in [0.4, 0.5) is 0 Å². The predicted molar refractivity (Wildman–Crippen MR) is 29.4 cm³/mol. The molecule has 0 heterocycles. The van der Waals surface area contributed by atoms with Crippen LogP contribution in [0, 0.1) is 0 Å². The Labute approximate surface area is 43.8 Å². The van der Waals surface area contributed by atoms with Crippen LogP contribution in [0.1, 0.15) is 0 Å². The largest absolute Gasteiger partial charge is 0.247 e. The summed E-state index contributed by atoms with van der Waals surface area (Å²) in [5, 5.41) is 0. The van der Waals surface area contributed by atoms with E-state index in [1.807, 2.05) is 0 Å². The summed E-state index contributed by atoms with van der Waals surface area (Å²) in [5.41, 5.74) is 0. The van der Waals surface area contributed by atoms with Crippen molar-refractivity contribution in [1.82, 2.24) is 0 Å². The maximum Gasteiger partial charge on any atom is 0.247 e. The Morgan fingerprint density at radius 1 is 1.50 bits per heavy atom. The standard InChI is InChI=1S/B2Br2/c1-2(3)4. The molecule has 0 aromatic carbocycles. The monoisotopic (exact) mass is 180 g/mol. The molecule has 0 aliphatic carbocycles. The summed E-state index contributed by atoms with van der Waals surface area (Å²) in [6.07, 6.45) is 0. The van der Waals surface area contributed by atoms with E-state index >= 15 is 0 Å². The molecule has 0 aromatic rings. The van der Waals surface area contributed by atoms with Crippen molar-refractivity contribution in [1.29, 1.82) is 0 Å². The molecule has 0 spiro atoms. The maximum atomic E-state index is 4.94. The second kappa shape index (κ2) is 2.33. The molecule has 0 atom stereocenters. The van der Waals surface area contributed by atoms with Gasteiger partial charge in [0, 0.05) is 0 Å². The van der Waals surface area contributed by atoms with Gasteiger partial charge >= 0.3 is 0 Å². The van der Waals surface area contributed by atoms with Crippen molar-refractivity contribution < 1.29 is 0 Å². The summed E-state index contributed by atoms with van der Waals surface area (Å²) in [6.45, 7) is 0. The molecule has 0 rings (SSSR count). The van der Waals surface area contributed by atoms with Crippen molar-refractivity contribution in [3.05, 3.63) is 0 Å². The Morgan fingerprint density at radius 3 is 1.50 bits per heavy atom. The van der Waals surface area contributed by atoms with Gasteiger partial charge in [-0.25, -0.2) is 0 Å². The average molecular weight is 181 g/mol. The Morgan fingerprint density at radius 2 is 1.50 bits per heavy atom. The van der Waals surface area contributed by atoms with Gasteiger partial charge < -0.3 is 0 Å². The van der Waals surface area contributed by atoms with E-state index in [1.165, 1.54) is 0 Å². The van der Waals surface area contributed by atoms with Crippen LogP contribution in [0.5, 0.6) is 0 Å². The van der Waals surface area contributed by atoms with E-state index in [0.29, 0.717) is 0 Å². The van der Waals surface area contributed by atoms with Crippen molar-refractivity contribution >= 4 is 43.5 Å². The SMILES string of the molecule is [B]B(Br)Br. The Balaban J connectivity index is 2.32. The maximum absolute atomic E-state index is 4.94. The summed E-state index contributed by atoms with van der Waals surface area (Å²) in [5.74, 6) is 0. The molecule has 0 aliphatic heterocycles. The van der Waals surface area contributed by atoms with E-state index in [-0.39, 0.29) is 4.25 Å². The molecule has 0 N–H and O–H groups in total. The fourth-order valence-corrected chi connectivity index (χ4v) is 0. The first-order valence-corrected chi connectivity index (χ1v) is 2.60. The van der Waals surface area contributed by atoms with Crippen LogP contribution < -0.4 is 0 Å². The lowest BCUT2D eigenvalue weighted by molar-refractivity contribution is 4.50. The molecule has 0 bridgehead atoms. The molecular formula is B2Br2. The van der Waals surface area contributed by atoms with Gasteiger partial charge in [0.15, 0.2) is 0 Å². The van der Waals surface area contributed by atoms with Gasteiger partial charge in [-0.2, -0.15) is 31.5 Å². The Hall–Kier alpha value is 1.09. The molecule has 0 aromatic heterocycles. The molecule has 0 saturated heterocycles. The van der Waals surface area contributed by atoms with Gasteiger partial charge in [-0.1, -0.05) is 0 Å². The number of hydrogen-bond donors (Lipinski definition) is 0. The molecule has 0 saturated carbocycles. The van der Waals surface area contributed by atoms with Gasteiger partial charge in [0.1, 0.15) is 0 Å². The third-order valence-electron chi connectivity index (χ3n) is 0. The Bertz CT molecular complexity index is 8.75. The van der Waals surface area contributed by atoms with Gasteiger partial charge in [0.2, 0.25) is 4.25 Å². The molecule has 20 valence electrons. The van der Waals surface area contributed by atoms with E-state index in [2.05, 4.69) is 31.5 Å². The normalized spacial score (nSPS) is 6.50. The van der Waals surface area contributed by atoms with E-state index in [1.54, 1.807) is 0 Å². The third kappa shape index (κ3) is 11.4. The van der Waals surface area contributed by atoms with E-state index in [4.69, 9.17) is 7.74 Å². The van der Waals surface area contributed by atoms with E-state index in [9.17, 15) is 0 Å². The van der Waals surface area contributed by atoms with Crippen LogP contribution in [-0.4, -0.2) is 12.0 Å². The van der Waals surface area contributed by atoms with Gasteiger partial charge in [0.05, 0.1) is 7.74 Å². The lowest BCUT2D eigenvalue weighted by Crippen LogP contribution is -1.82. The van der Waals surface area contributed by atoms with Crippen LogP contribution >= 0.6 is 31.5 Å². The molecular weight excluding hydrogens is 181 g/mol. The molecule has 0 fully saturated rings. The zero-order valence-corrected chi connectivity index (χ0v) is 5.08. The fraction of sp³-hybridized carbons (Fsp3) is 0. The average Bonchev–Trinajstić information content (AvgIpc) is 0.811.